The largest absolute Gasteiger partial charge is 0.337 e. The van der Waals surface area contributed by atoms with Crippen LogP contribution in [0.25, 0.3) is 0 Å². The molecule has 2 nitrogen and oxygen atoms in total. The third-order valence-corrected chi connectivity index (χ3v) is 10.7. The molecule has 42 heavy (non-hydrogen) atoms. The fraction of sp³-hybridized carbons (Fsp3) is 0.450. The summed E-state index contributed by atoms with van der Waals surface area (Å²) in [6, 6.07) is 7.46. The molecule has 1 aromatic rings. The number of fused-ring (bicyclic) bond motifs is 2. The summed E-state index contributed by atoms with van der Waals surface area (Å²) in [5, 5.41) is 0. The van der Waals surface area contributed by atoms with E-state index in [2.05, 4.69) is 118 Å². The van der Waals surface area contributed by atoms with Gasteiger partial charge >= 0.3 is 0 Å². The highest BCUT2D eigenvalue weighted by Crippen LogP contribution is 2.55. The Hall–Kier alpha value is -3.26. The van der Waals surface area contributed by atoms with Gasteiger partial charge < -0.3 is 9.80 Å². The predicted molar refractivity (Wildman–Crippen MR) is 178 cm³/mol. The zero-order chi connectivity index (χ0) is 29.1. The molecule has 218 valence electrons. The summed E-state index contributed by atoms with van der Waals surface area (Å²) in [6.07, 6.45) is 27.3. The van der Waals surface area contributed by atoms with Crippen molar-refractivity contribution in [1.82, 2.24) is 4.90 Å². The predicted octanol–water partition coefficient (Wildman–Crippen LogP) is 10.7. The molecule has 0 N–H and O–H groups in total. The zero-order valence-corrected chi connectivity index (χ0v) is 26.6. The molecule has 0 spiro atoms. The van der Waals surface area contributed by atoms with Crippen LogP contribution in [0.1, 0.15) is 109 Å². The van der Waals surface area contributed by atoms with E-state index in [-0.39, 0.29) is 0 Å². The summed E-state index contributed by atoms with van der Waals surface area (Å²) >= 11 is 0. The molecule has 7 rings (SSSR count). The van der Waals surface area contributed by atoms with E-state index < -0.39 is 0 Å². The quantitative estimate of drug-likeness (QED) is 0.356. The minimum absolute atomic E-state index is 0.363. The second-order valence-electron chi connectivity index (χ2n) is 13.9. The number of rotatable bonds is 5. The molecule has 0 amide bonds. The van der Waals surface area contributed by atoms with E-state index in [4.69, 9.17) is 0 Å². The molecule has 0 aromatic heterocycles. The van der Waals surface area contributed by atoms with Crippen molar-refractivity contribution in [2.45, 2.75) is 104 Å². The maximum atomic E-state index is 2.86. The summed E-state index contributed by atoms with van der Waals surface area (Å²) in [5.41, 5.74) is 16.9. The van der Waals surface area contributed by atoms with Gasteiger partial charge in [-0.05, 0) is 115 Å². The van der Waals surface area contributed by atoms with Crippen LogP contribution in [0, 0.1) is 11.8 Å². The smallest absolute Gasteiger partial charge is 0.0621 e. The molecular formula is C40H48N2. The molecule has 0 fully saturated rings. The maximum absolute atomic E-state index is 2.86. The number of allylic oxidation sites excluding steroid dienone is 12. The van der Waals surface area contributed by atoms with Gasteiger partial charge in [0, 0.05) is 40.3 Å². The van der Waals surface area contributed by atoms with Crippen molar-refractivity contribution in [2.75, 3.05) is 4.90 Å². The molecular weight excluding hydrogens is 508 g/mol. The first kappa shape index (κ1) is 27.6. The van der Waals surface area contributed by atoms with E-state index in [1.54, 1.807) is 22.4 Å². The topological polar surface area (TPSA) is 6.48 Å². The molecule has 2 aliphatic heterocycles. The first-order valence-electron chi connectivity index (χ1n) is 16.6. The fourth-order valence-corrected chi connectivity index (χ4v) is 8.68. The first-order chi connectivity index (χ1) is 20.4. The van der Waals surface area contributed by atoms with E-state index >= 15 is 0 Å². The Morgan fingerprint density at radius 1 is 0.833 bits per heavy atom. The maximum Gasteiger partial charge on any atom is 0.0621 e. The van der Waals surface area contributed by atoms with Gasteiger partial charge in [-0.25, -0.2) is 0 Å². The van der Waals surface area contributed by atoms with Crippen molar-refractivity contribution in [3.05, 3.63) is 123 Å². The van der Waals surface area contributed by atoms with Gasteiger partial charge in [-0.2, -0.15) is 0 Å². The van der Waals surface area contributed by atoms with Gasteiger partial charge in [0.05, 0.1) is 6.04 Å². The van der Waals surface area contributed by atoms with Crippen molar-refractivity contribution >= 4 is 5.69 Å². The van der Waals surface area contributed by atoms with Crippen molar-refractivity contribution < 1.29 is 0 Å². The van der Waals surface area contributed by atoms with E-state index in [9.17, 15) is 0 Å². The van der Waals surface area contributed by atoms with Crippen LogP contribution < -0.4 is 4.90 Å². The van der Waals surface area contributed by atoms with E-state index in [0.29, 0.717) is 29.7 Å². The number of para-hydroxylation sites is 1. The number of benzene rings is 1. The number of nitrogens with zero attached hydrogens (tertiary/aromatic N) is 2. The van der Waals surface area contributed by atoms with Crippen molar-refractivity contribution in [3.8, 4) is 0 Å². The second kappa shape index (κ2) is 10.8. The highest BCUT2D eigenvalue weighted by Gasteiger charge is 2.46. The zero-order valence-electron chi connectivity index (χ0n) is 26.6. The molecule has 6 aliphatic rings. The molecule has 3 unspecified atom stereocenters. The highest BCUT2D eigenvalue weighted by atomic mass is 15.2. The Morgan fingerprint density at radius 2 is 1.55 bits per heavy atom. The lowest BCUT2D eigenvalue weighted by Crippen LogP contribution is -2.38. The molecule has 0 saturated heterocycles. The van der Waals surface area contributed by atoms with Crippen molar-refractivity contribution in [3.63, 3.8) is 0 Å². The second-order valence-corrected chi connectivity index (χ2v) is 13.9. The average molecular weight is 557 g/mol. The van der Waals surface area contributed by atoms with Gasteiger partial charge in [0.2, 0.25) is 0 Å². The van der Waals surface area contributed by atoms with E-state index in [1.165, 1.54) is 52.3 Å². The average Bonchev–Trinajstić information content (AvgIpc) is 3.47. The minimum Gasteiger partial charge on any atom is -0.337 e. The molecule has 0 saturated carbocycles. The van der Waals surface area contributed by atoms with Gasteiger partial charge in [-0.15, -0.1) is 0 Å². The van der Waals surface area contributed by atoms with Gasteiger partial charge in [-0.3, -0.25) is 0 Å². The Kier molecular flexibility index (Phi) is 7.08. The van der Waals surface area contributed by atoms with Crippen LogP contribution in [0.2, 0.25) is 0 Å². The van der Waals surface area contributed by atoms with Crippen LogP contribution in [0.4, 0.5) is 5.69 Å². The Morgan fingerprint density at radius 3 is 2.26 bits per heavy atom. The lowest BCUT2D eigenvalue weighted by Gasteiger charge is -2.40. The van der Waals surface area contributed by atoms with Crippen LogP contribution >= 0.6 is 0 Å². The molecule has 0 radical (unpaired) electrons. The summed E-state index contributed by atoms with van der Waals surface area (Å²) < 4.78 is 0. The van der Waals surface area contributed by atoms with Crippen LogP contribution in [0.15, 0.2) is 112 Å². The van der Waals surface area contributed by atoms with Crippen LogP contribution in [-0.4, -0.2) is 10.9 Å². The Labute approximate surface area is 254 Å². The van der Waals surface area contributed by atoms with Gasteiger partial charge in [0.1, 0.15) is 0 Å². The van der Waals surface area contributed by atoms with Gasteiger partial charge in [0.15, 0.2) is 0 Å². The molecule has 2 heterocycles. The SMILES string of the molecule is CC1=C(C2C(C)C3=C(CCC=C3)N2c2c(C(C)C)cccc2C(C)C)CC2C(=C1)N(C1=CC=CCC1)C1=C2CCC=C1. The Balaban J connectivity index is 1.39. The van der Waals surface area contributed by atoms with Gasteiger partial charge in [0.25, 0.3) is 0 Å². The van der Waals surface area contributed by atoms with Crippen LogP contribution in [0.3, 0.4) is 0 Å². The summed E-state index contributed by atoms with van der Waals surface area (Å²) in [7, 11) is 0. The number of hydrogen-bond acceptors (Lipinski definition) is 2. The van der Waals surface area contributed by atoms with Crippen LogP contribution in [0.5, 0.6) is 0 Å². The molecule has 4 aliphatic carbocycles. The summed E-state index contributed by atoms with van der Waals surface area (Å²) in [6.45, 7) is 14.4. The fourth-order valence-electron chi connectivity index (χ4n) is 8.68. The highest BCUT2D eigenvalue weighted by molar-refractivity contribution is 5.71. The molecule has 2 heteroatoms. The Bertz CT molecular complexity index is 1520. The third kappa shape index (κ3) is 4.28. The van der Waals surface area contributed by atoms with Crippen molar-refractivity contribution in [1.29, 1.82) is 0 Å². The standard InChI is InChI=1S/C40H48N2/c1-25(2)30-19-14-20-31(26(3)4)40(30)42-36-21-12-10-17-32(36)28(6)39(42)34-24-35-33-18-11-13-22-37(33)41(38(35)23-27(34)5)29-15-8-7-9-16-29/h7-8,10,13-15,17,19-20,22-23,25-26,28,35,39H,9,11-12,16,18,21,24H2,1-6H3. The van der Waals surface area contributed by atoms with E-state index in [0.717, 1.165) is 32.1 Å². The first-order valence-corrected chi connectivity index (χ1v) is 16.6. The van der Waals surface area contributed by atoms with Crippen LogP contribution in [-0.2, 0) is 0 Å². The lowest BCUT2D eigenvalue weighted by molar-refractivity contribution is 0.475. The van der Waals surface area contributed by atoms with E-state index in [1.807, 2.05) is 0 Å². The molecule has 3 atom stereocenters. The number of anilines is 1. The molecule has 1 aromatic carbocycles. The monoisotopic (exact) mass is 556 g/mol. The normalized spacial score (nSPS) is 26.9. The third-order valence-electron chi connectivity index (χ3n) is 10.7. The lowest BCUT2D eigenvalue weighted by atomic mass is 9.76. The summed E-state index contributed by atoms with van der Waals surface area (Å²) in [4.78, 5) is 5.51. The summed E-state index contributed by atoms with van der Waals surface area (Å²) in [5.74, 6) is 1.92. The minimum atomic E-state index is 0.363. The van der Waals surface area contributed by atoms with Crippen molar-refractivity contribution in [2.24, 2.45) is 11.8 Å². The van der Waals surface area contributed by atoms with Gasteiger partial charge in [-0.1, -0.05) is 83.2 Å². The number of hydrogen-bond donors (Lipinski definition) is 0. The molecule has 0 bridgehead atoms.